The standard InChI is InChI=1S/C12H20N4OS/c1-2-16-6-4-3-5-9(16)7-14-11(17)10-8-15-12(13)18-10/h8-9H,2-7H2,1H3,(H2,13,15)(H,14,17). The van der Waals surface area contributed by atoms with E-state index in [0.717, 1.165) is 13.1 Å². The molecular formula is C12H20N4OS. The van der Waals surface area contributed by atoms with Crippen molar-refractivity contribution < 1.29 is 4.79 Å². The summed E-state index contributed by atoms with van der Waals surface area (Å²) in [7, 11) is 0. The summed E-state index contributed by atoms with van der Waals surface area (Å²) in [6.07, 6.45) is 5.22. The minimum Gasteiger partial charge on any atom is -0.375 e. The van der Waals surface area contributed by atoms with Gasteiger partial charge in [0.25, 0.3) is 5.91 Å². The first-order chi connectivity index (χ1) is 8.70. The van der Waals surface area contributed by atoms with E-state index in [4.69, 9.17) is 5.73 Å². The van der Waals surface area contributed by atoms with E-state index in [1.807, 2.05) is 0 Å². The number of carbonyl (C=O) groups excluding carboxylic acids is 1. The number of nitrogen functional groups attached to an aromatic ring is 1. The Morgan fingerprint density at radius 2 is 2.50 bits per heavy atom. The van der Waals surface area contributed by atoms with Gasteiger partial charge in [-0.2, -0.15) is 0 Å². The van der Waals surface area contributed by atoms with Crippen molar-refractivity contribution in [3.8, 4) is 0 Å². The first kappa shape index (κ1) is 13.3. The summed E-state index contributed by atoms with van der Waals surface area (Å²) in [6.45, 7) is 5.08. The molecule has 18 heavy (non-hydrogen) atoms. The Morgan fingerprint density at radius 3 is 3.17 bits per heavy atom. The number of piperidine rings is 1. The lowest BCUT2D eigenvalue weighted by Crippen LogP contribution is -2.46. The molecule has 1 unspecified atom stereocenters. The average Bonchev–Trinajstić information content (AvgIpc) is 2.83. The van der Waals surface area contributed by atoms with Crippen LogP contribution >= 0.6 is 11.3 Å². The van der Waals surface area contributed by atoms with Crippen molar-refractivity contribution in [2.75, 3.05) is 25.4 Å². The van der Waals surface area contributed by atoms with Crippen LogP contribution in [0.3, 0.4) is 0 Å². The van der Waals surface area contributed by atoms with Gasteiger partial charge in [0, 0.05) is 12.6 Å². The third kappa shape index (κ3) is 3.20. The Bertz CT molecular complexity index is 407. The zero-order chi connectivity index (χ0) is 13.0. The van der Waals surface area contributed by atoms with Gasteiger partial charge in [-0.05, 0) is 25.9 Å². The molecule has 2 rings (SSSR count). The predicted octanol–water partition coefficient (Wildman–Crippen LogP) is 1.33. The Morgan fingerprint density at radius 1 is 1.67 bits per heavy atom. The summed E-state index contributed by atoms with van der Waals surface area (Å²) in [5.41, 5.74) is 5.52. The van der Waals surface area contributed by atoms with Crippen LogP contribution in [0, 0.1) is 0 Å². The van der Waals surface area contributed by atoms with Gasteiger partial charge < -0.3 is 11.1 Å². The lowest BCUT2D eigenvalue weighted by molar-refractivity contribution is 0.0921. The van der Waals surface area contributed by atoms with E-state index in [1.165, 1.54) is 36.8 Å². The number of anilines is 1. The van der Waals surface area contributed by atoms with E-state index in [0.29, 0.717) is 22.6 Å². The van der Waals surface area contributed by atoms with Crippen LogP contribution in [0.1, 0.15) is 35.9 Å². The van der Waals surface area contributed by atoms with Gasteiger partial charge in [0.15, 0.2) is 5.13 Å². The smallest absolute Gasteiger partial charge is 0.263 e. The van der Waals surface area contributed by atoms with Gasteiger partial charge in [-0.25, -0.2) is 4.98 Å². The van der Waals surface area contributed by atoms with Gasteiger partial charge in [-0.1, -0.05) is 24.7 Å². The van der Waals surface area contributed by atoms with Gasteiger partial charge in [0.1, 0.15) is 4.88 Å². The fourth-order valence-corrected chi connectivity index (χ4v) is 3.00. The maximum absolute atomic E-state index is 11.9. The van der Waals surface area contributed by atoms with Crippen molar-refractivity contribution in [2.24, 2.45) is 0 Å². The highest BCUT2D eigenvalue weighted by Crippen LogP contribution is 2.17. The van der Waals surface area contributed by atoms with Crippen molar-refractivity contribution in [3.05, 3.63) is 11.1 Å². The third-order valence-electron chi connectivity index (χ3n) is 3.40. The number of likely N-dealkylation sites (tertiary alicyclic amines) is 1. The number of nitrogens with one attached hydrogen (secondary N) is 1. The van der Waals surface area contributed by atoms with Gasteiger partial charge in [-0.15, -0.1) is 0 Å². The van der Waals surface area contributed by atoms with E-state index >= 15 is 0 Å². The molecule has 0 aromatic carbocycles. The van der Waals surface area contributed by atoms with Crippen LogP contribution < -0.4 is 11.1 Å². The maximum atomic E-state index is 11.9. The molecule has 0 aliphatic carbocycles. The van der Waals surface area contributed by atoms with Crippen LogP contribution in [0.2, 0.25) is 0 Å². The topological polar surface area (TPSA) is 71.2 Å². The van der Waals surface area contributed by atoms with Crippen LogP contribution in [0.15, 0.2) is 6.20 Å². The van der Waals surface area contributed by atoms with Gasteiger partial charge in [-0.3, -0.25) is 9.69 Å². The van der Waals surface area contributed by atoms with Crippen molar-refractivity contribution in [1.29, 1.82) is 0 Å². The fourth-order valence-electron chi connectivity index (χ4n) is 2.40. The molecule has 1 aromatic rings. The SMILES string of the molecule is CCN1CCCCC1CNC(=O)c1cnc(N)s1. The summed E-state index contributed by atoms with van der Waals surface area (Å²) in [4.78, 5) is 18.8. The predicted molar refractivity (Wildman–Crippen MR) is 73.7 cm³/mol. The Kier molecular flexibility index (Phi) is 4.54. The molecule has 2 heterocycles. The number of likely N-dealkylation sites (N-methyl/N-ethyl adjacent to an activating group) is 1. The van der Waals surface area contributed by atoms with Crippen LogP contribution in [-0.4, -0.2) is 41.5 Å². The maximum Gasteiger partial charge on any atom is 0.263 e. The molecule has 0 spiro atoms. The minimum atomic E-state index is -0.0640. The Balaban J connectivity index is 1.85. The number of thiazole rings is 1. The van der Waals surface area contributed by atoms with Crippen molar-refractivity contribution in [3.63, 3.8) is 0 Å². The Hall–Kier alpha value is -1.14. The Labute approximate surface area is 111 Å². The summed E-state index contributed by atoms with van der Waals surface area (Å²) in [6, 6.07) is 0.470. The molecule has 1 atom stereocenters. The quantitative estimate of drug-likeness (QED) is 0.864. The highest BCUT2D eigenvalue weighted by molar-refractivity contribution is 7.17. The third-order valence-corrected chi connectivity index (χ3v) is 4.23. The summed E-state index contributed by atoms with van der Waals surface area (Å²) in [5, 5.41) is 3.42. The first-order valence-corrected chi connectivity index (χ1v) is 7.26. The number of hydrogen-bond donors (Lipinski definition) is 2. The molecule has 1 aromatic heterocycles. The molecule has 1 amide bonds. The van der Waals surface area contributed by atoms with Crippen LogP contribution in [0.4, 0.5) is 5.13 Å². The lowest BCUT2D eigenvalue weighted by Gasteiger charge is -2.34. The highest BCUT2D eigenvalue weighted by atomic mass is 32.1. The molecular weight excluding hydrogens is 248 g/mol. The summed E-state index contributed by atoms with van der Waals surface area (Å²) < 4.78 is 0. The monoisotopic (exact) mass is 268 g/mol. The van der Waals surface area contributed by atoms with Crippen molar-refractivity contribution in [1.82, 2.24) is 15.2 Å². The van der Waals surface area contributed by atoms with E-state index < -0.39 is 0 Å². The van der Waals surface area contributed by atoms with E-state index in [9.17, 15) is 4.79 Å². The number of aromatic nitrogens is 1. The van der Waals surface area contributed by atoms with Gasteiger partial charge >= 0.3 is 0 Å². The molecule has 1 fully saturated rings. The zero-order valence-corrected chi connectivity index (χ0v) is 11.5. The molecule has 1 saturated heterocycles. The van der Waals surface area contributed by atoms with E-state index in [-0.39, 0.29) is 5.91 Å². The lowest BCUT2D eigenvalue weighted by atomic mass is 10.0. The number of carbonyl (C=O) groups is 1. The normalized spacial score (nSPS) is 20.8. The second-order valence-corrected chi connectivity index (χ2v) is 5.61. The molecule has 100 valence electrons. The van der Waals surface area contributed by atoms with E-state index in [2.05, 4.69) is 22.1 Å². The van der Waals surface area contributed by atoms with Crippen LogP contribution in [0.5, 0.6) is 0 Å². The van der Waals surface area contributed by atoms with Crippen molar-refractivity contribution >= 4 is 22.4 Å². The van der Waals surface area contributed by atoms with Crippen LogP contribution in [0.25, 0.3) is 0 Å². The second-order valence-electron chi connectivity index (χ2n) is 4.55. The number of amides is 1. The highest BCUT2D eigenvalue weighted by Gasteiger charge is 2.21. The number of nitrogens with two attached hydrogens (primary N) is 1. The van der Waals surface area contributed by atoms with Crippen LogP contribution in [-0.2, 0) is 0 Å². The molecule has 0 radical (unpaired) electrons. The zero-order valence-electron chi connectivity index (χ0n) is 10.7. The number of rotatable bonds is 4. The molecule has 1 aliphatic rings. The van der Waals surface area contributed by atoms with Crippen molar-refractivity contribution in [2.45, 2.75) is 32.2 Å². The average molecular weight is 268 g/mol. The molecule has 1 aliphatic heterocycles. The molecule has 3 N–H and O–H groups in total. The number of hydrogen-bond acceptors (Lipinski definition) is 5. The summed E-state index contributed by atoms with van der Waals surface area (Å²) in [5.74, 6) is -0.0640. The summed E-state index contributed by atoms with van der Waals surface area (Å²) >= 11 is 1.23. The molecule has 0 bridgehead atoms. The molecule has 5 nitrogen and oxygen atoms in total. The second kappa shape index (κ2) is 6.15. The van der Waals surface area contributed by atoms with Gasteiger partial charge in [0.05, 0.1) is 6.20 Å². The minimum absolute atomic E-state index is 0.0640. The molecule has 0 saturated carbocycles. The first-order valence-electron chi connectivity index (χ1n) is 6.44. The largest absolute Gasteiger partial charge is 0.375 e. The van der Waals surface area contributed by atoms with E-state index in [1.54, 1.807) is 0 Å². The van der Waals surface area contributed by atoms with Gasteiger partial charge in [0.2, 0.25) is 0 Å². The number of nitrogens with zero attached hydrogens (tertiary/aromatic N) is 2. The fraction of sp³-hybridized carbons (Fsp3) is 0.667. The molecule has 6 heteroatoms.